The molecule has 122 valence electrons. The molecule has 2 N–H and O–H groups in total. The van der Waals surface area contributed by atoms with Crippen molar-refractivity contribution in [3.63, 3.8) is 0 Å². The van der Waals surface area contributed by atoms with Crippen LogP contribution in [0.3, 0.4) is 0 Å². The molecule has 0 heterocycles. The first-order valence-corrected chi connectivity index (χ1v) is 8.90. The van der Waals surface area contributed by atoms with Gasteiger partial charge in [-0.25, -0.2) is 9.59 Å². The molecule has 0 aliphatic carbocycles. The van der Waals surface area contributed by atoms with Crippen molar-refractivity contribution in [1.82, 2.24) is 0 Å². The molecule has 1 rings (SSSR count). The van der Waals surface area contributed by atoms with Crippen LogP contribution in [0.25, 0.3) is 0 Å². The van der Waals surface area contributed by atoms with Crippen LogP contribution in [-0.2, 0) is 0 Å². The number of benzene rings is 1. The molecule has 0 unspecified atom stereocenters. The molecule has 4 nitrogen and oxygen atoms in total. The van der Waals surface area contributed by atoms with Crippen molar-refractivity contribution in [2.75, 3.05) is 0 Å². The standard InChI is InChI=1S/C16H23FO4Si/c1-15(2,3)22(17,16(4,5)6)12-8-10(13(18)19)7-11(9-12)14(20)21/h7-9H,1-6H3,(H,18,19)(H,20,21). The Balaban J connectivity index is 3.77. The van der Waals surface area contributed by atoms with Gasteiger partial charge >= 0.3 is 11.9 Å². The predicted octanol–water partition coefficient (Wildman–Crippen LogP) is 3.81. The summed E-state index contributed by atoms with van der Waals surface area (Å²) in [5, 5.41) is 17.2. The molecular formula is C16H23FO4Si. The number of carboxylic acids is 2. The quantitative estimate of drug-likeness (QED) is 0.654. The molecule has 0 atom stereocenters. The Morgan fingerprint density at radius 3 is 1.41 bits per heavy atom. The summed E-state index contributed by atoms with van der Waals surface area (Å²) in [5.74, 6) is -2.52. The van der Waals surface area contributed by atoms with Gasteiger partial charge in [-0.1, -0.05) is 41.5 Å². The van der Waals surface area contributed by atoms with Gasteiger partial charge in [-0.15, -0.1) is 0 Å². The second kappa shape index (κ2) is 5.50. The van der Waals surface area contributed by atoms with Crippen molar-refractivity contribution >= 4 is 25.5 Å². The average molecular weight is 326 g/mol. The maximum Gasteiger partial charge on any atom is 0.335 e. The minimum Gasteiger partial charge on any atom is -0.478 e. The maximum absolute atomic E-state index is 16.2. The smallest absolute Gasteiger partial charge is 0.335 e. The highest BCUT2D eigenvalue weighted by atomic mass is 28.4. The van der Waals surface area contributed by atoms with Gasteiger partial charge in [0, 0.05) is 0 Å². The molecule has 0 aliphatic heterocycles. The average Bonchev–Trinajstić information content (AvgIpc) is 2.34. The lowest BCUT2D eigenvalue weighted by molar-refractivity contribution is 0.0696. The largest absolute Gasteiger partial charge is 0.478 e. The fraction of sp³-hybridized carbons (Fsp3) is 0.500. The lowest BCUT2D eigenvalue weighted by atomic mass is 10.1. The lowest BCUT2D eigenvalue weighted by Gasteiger charge is -2.45. The number of hydrogen-bond donors (Lipinski definition) is 2. The number of rotatable bonds is 3. The Labute approximate surface area is 131 Å². The van der Waals surface area contributed by atoms with Gasteiger partial charge in [-0.2, -0.15) is 0 Å². The number of aromatic carboxylic acids is 2. The molecule has 1 aromatic rings. The Kier molecular flexibility index (Phi) is 4.59. The van der Waals surface area contributed by atoms with Gasteiger partial charge in [0.25, 0.3) is 8.41 Å². The highest BCUT2D eigenvalue weighted by Gasteiger charge is 2.56. The first-order valence-electron chi connectivity index (χ1n) is 7.03. The summed E-state index contributed by atoms with van der Waals surface area (Å²) in [6, 6.07) is 3.64. The minimum absolute atomic E-state index is 0.196. The normalized spacial score (nSPS) is 13.0. The van der Waals surface area contributed by atoms with E-state index < -0.39 is 30.4 Å². The van der Waals surface area contributed by atoms with Crippen LogP contribution in [0.4, 0.5) is 4.11 Å². The first kappa shape index (κ1) is 18.4. The number of halogens is 1. The second-order valence-corrected chi connectivity index (χ2v) is 12.5. The SMILES string of the molecule is CC(C)(C)[Si](F)(c1cc(C(=O)O)cc(C(=O)O)c1)C(C)(C)C. The Morgan fingerprint density at radius 1 is 0.864 bits per heavy atom. The molecule has 0 radical (unpaired) electrons. The fourth-order valence-electron chi connectivity index (χ4n) is 3.06. The van der Waals surface area contributed by atoms with Gasteiger partial charge in [-0.3, -0.25) is 0 Å². The Morgan fingerprint density at radius 2 is 1.18 bits per heavy atom. The van der Waals surface area contributed by atoms with Crippen LogP contribution in [0.5, 0.6) is 0 Å². The molecule has 6 heteroatoms. The van der Waals surface area contributed by atoms with E-state index in [1.807, 2.05) is 0 Å². The minimum atomic E-state index is -3.71. The van der Waals surface area contributed by atoms with E-state index in [-0.39, 0.29) is 16.3 Å². The van der Waals surface area contributed by atoms with Crippen molar-refractivity contribution in [1.29, 1.82) is 0 Å². The Hall–Kier alpha value is -1.69. The van der Waals surface area contributed by atoms with Crippen LogP contribution in [0, 0.1) is 0 Å². The van der Waals surface area contributed by atoms with Crippen LogP contribution in [0.2, 0.25) is 10.1 Å². The van der Waals surface area contributed by atoms with Crippen LogP contribution in [0.1, 0.15) is 62.3 Å². The molecular weight excluding hydrogens is 303 g/mol. The molecule has 0 fully saturated rings. The third kappa shape index (κ3) is 3.06. The van der Waals surface area contributed by atoms with Gasteiger partial charge in [0.05, 0.1) is 11.1 Å². The van der Waals surface area contributed by atoms with E-state index in [9.17, 15) is 19.8 Å². The van der Waals surface area contributed by atoms with Crippen molar-refractivity contribution < 1.29 is 23.9 Å². The molecule has 0 spiro atoms. The fourth-order valence-corrected chi connectivity index (χ4v) is 7.76. The summed E-state index contributed by atoms with van der Waals surface area (Å²) in [6.07, 6.45) is 0. The highest BCUT2D eigenvalue weighted by Crippen LogP contribution is 2.51. The van der Waals surface area contributed by atoms with Crippen molar-refractivity contribution in [3.05, 3.63) is 29.3 Å². The molecule has 0 aromatic heterocycles. The van der Waals surface area contributed by atoms with Gasteiger partial charge in [0.15, 0.2) is 0 Å². The number of carbonyl (C=O) groups is 2. The van der Waals surface area contributed by atoms with Crippen LogP contribution in [0.15, 0.2) is 18.2 Å². The summed E-state index contributed by atoms with van der Waals surface area (Å²) in [4.78, 5) is 22.5. The summed E-state index contributed by atoms with van der Waals surface area (Å²) in [6.45, 7) is 10.7. The van der Waals surface area contributed by atoms with E-state index in [2.05, 4.69) is 0 Å². The zero-order chi connectivity index (χ0) is 17.5. The van der Waals surface area contributed by atoms with Crippen LogP contribution >= 0.6 is 0 Å². The number of carboxylic acid groups (broad SMARTS) is 2. The van der Waals surface area contributed by atoms with Crippen molar-refractivity contribution in [3.8, 4) is 0 Å². The molecule has 0 amide bonds. The van der Waals surface area contributed by atoms with E-state index in [4.69, 9.17) is 0 Å². The third-order valence-corrected chi connectivity index (χ3v) is 9.11. The van der Waals surface area contributed by atoms with E-state index in [0.29, 0.717) is 0 Å². The van der Waals surface area contributed by atoms with E-state index in [1.165, 1.54) is 12.1 Å². The predicted molar refractivity (Wildman–Crippen MR) is 86.3 cm³/mol. The van der Waals surface area contributed by atoms with Crippen LogP contribution in [-0.4, -0.2) is 30.6 Å². The summed E-state index contributed by atoms with van der Waals surface area (Å²) >= 11 is 0. The van der Waals surface area contributed by atoms with Crippen molar-refractivity contribution in [2.24, 2.45) is 0 Å². The van der Waals surface area contributed by atoms with E-state index >= 15 is 4.11 Å². The molecule has 0 bridgehead atoms. The van der Waals surface area contributed by atoms with E-state index in [1.54, 1.807) is 41.5 Å². The third-order valence-electron chi connectivity index (χ3n) is 3.89. The lowest BCUT2D eigenvalue weighted by Crippen LogP contribution is -2.58. The van der Waals surface area contributed by atoms with Gasteiger partial charge in [-0.05, 0) is 33.5 Å². The summed E-state index contributed by atoms with van der Waals surface area (Å²) < 4.78 is 16.2. The van der Waals surface area contributed by atoms with E-state index in [0.717, 1.165) is 6.07 Å². The topological polar surface area (TPSA) is 74.6 Å². The number of hydrogen-bond acceptors (Lipinski definition) is 2. The molecule has 22 heavy (non-hydrogen) atoms. The summed E-state index contributed by atoms with van der Waals surface area (Å²) in [5.41, 5.74) is -0.393. The molecule has 0 aliphatic rings. The second-order valence-electron chi connectivity index (χ2n) is 7.57. The van der Waals surface area contributed by atoms with Crippen LogP contribution < -0.4 is 5.19 Å². The van der Waals surface area contributed by atoms with Crippen molar-refractivity contribution in [2.45, 2.75) is 51.6 Å². The Bertz CT molecular complexity index is 565. The maximum atomic E-state index is 16.2. The molecule has 0 saturated heterocycles. The molecule has 0 saturated carbocycles. The summed E-state index contributed by atoms with van der Waals surface area (Å²) in [7, 11) is -3.71. The zero-order valence-corrected chi connectivity index (χ0v) is 14.8. The van der Waals surface area contributed by atoms with Gasteiger partial charge in [0.2, 0.25) is 0 Å². The van der Waals surface area contributed by atoms with Gasteiger partial charge < -0.3 is 14.3 Å². The monoisotopic (exact) mass is 326 g/mol. The molecule has 1 aromatic carbocycles. The first-order chi connectivity index (χ1) is 9.71. The highest BCUT2D eigenvalue weighted by molar-refractivity contribution is 6.90. The van der Waals surface area contributed by atoms with Gasteiger partial charge in [0.1, 0.15) is 0 Å². The zero-order valence-electron chi connectivity index (χ0n) is 13.8.